The molecule has 0 saturated heterocycles. The molecule has 0 aliphatic heterocycles. The minimum Gasteiger partial charge on any atom is -0.308 e. The maximum absolute atomic E-state index is 6.47. The smallest absolute Gasteiger partial charge is 0.0834 e. The van der Waals surface area contributed by atoms with Crippen molar-refractivity contribution in [1.82, 2.24) is 15.1 Å². The van der Waals surface area contributed by atoms with Crippen LogP contribution in [0.2, 0.25) is 5.02 Å². The van der Waals surface area contributed by atoms with Gasteiger partial charge in [0.15, 0.2) is 0 Å². The van der Waals surface area contributed by atoms with E-state index in [9.17, 15) is 0 Å². The van der Waals surface area contributed by atoms with Gasteiger partial charge in [0, 0.05) is 7.05 Å². The molecule has 0 bridgehead atoms. The highest BCUT2D eigenvalue weighted by Gasteiger charge is 2.43. The third-order valence-corrected chi connectivity index (χ3v) is 5.13. The van der Waals surface area contributed by atoms with Crippen molar-refractivity contribution in [3.63, 3.8) is 0 Å². The van der Waals surface area contributed by atoms with E-state index in [-0.39, 0.29) is 0 Å². The van der Waals surface area contributed by atoms with E-state index in [1.165, 1.54) is 37.8 Å². The summed E-state index contributed by atoms with van der Waals surface area (Å²) in [4.78, 5) is 0. The lowest BCUT2D eigenvalue weighted by Crippen LogP contribution is -2.39. The van der Waals surface area contributed by atoms with Crippen LogP contribution in [0.5, 0.6) is 0 Å². The van der Waals surface area contributed by atoms with Crippen molar-refractivity contribution in [2.75, 3.05) is 6.54 Å². The number of nitrogens with zero attached hydrogens (tertiary/aromatic N) is 2. The van der Waals surface area contributed by atoms with E-state index in [0.717, 1.165) is 18.0 Å². The summed E-state index contributed by atoms with van der Waals surface area (Å²) in [6.07, 6.45) is 9.47. The molecule has 1 unspecified atom stereocenters. The predicted molar refractivity (Wildman–Crippen MR) is 89.6 cm³/mol. The molecule has 2 rings (SSSR count). The lowest BCUT2D eigenvalue weighted by Gasteiger charge is -2.40. The summed E-state index contributed by atoms with van der Waals surface area (Å²) < 4.78 is 1.97. The van der Waals surface area contributed by atoms with Gasteiger partial charge in [0.25, 0.3) is 0 Å². The number of aromatic nitrogens is 2. The second kappa shape index (κ2) is 7.15. The molecule has 0 aromatic carbocycles. The Morgan fingerprint density at radius 3 is 2.52 bits per heavy atom. The standard InChI is InChI=1S/C17H30ClN3/c1-5-10-19-16(15-14(18)12-20-21(15)4)17(11-13(2)3)8-6-7-9-17/h12-13,16,19H,5-11H2,1-4H3. The summed E-state index contributed by atoms with van der Waals surface area (Å²) in [5.74, 6) is 0.709. The first-order valence-electron chi connectivity index (χ1n) is 8.41. The van der Waals surface area contributed by atoms with Crippen LogP contribution in [0.25, 0.3) is 0 Å². The number of hydrogen-bond acceptors (Lipinski definition) is 2. The highest BCUT2D eigenvalue weighted by molar-refractivity contribution is 6.31. The molecule has 1 aromatic heterocycles. The second-order valence-corrected chi connectivity index (χ2v) is 7.46. The molecule has 21 heavy (non-hydrogen) atoms. The van der Waals surface area contributed by atoms with E-state index in [4.69, 9.17) is 11.6 Å². The third-order valence-electron chi connectivity index (χ3n) is 4.84. The third kappa shape index (κ3) is 3.62. The van der Waals surface area contributed by atoms with E-state index >= 15 is 0 Å². The van der Waals surface area contributed by atoms with Crippen molar-refractivity contribution in [3.05, 3.63) is 16.9 Å². The molecule has 0 radical (unpaired) electrons. The Balaban J connectivity index is 2.37. The zero-order valence-electron chi connectivity index (χ0n) is 14.0. The van der Waals surface area contributed by atoms with Gasteiger partial charge < -0.3 is 5.32 Å². The molecule has 1 aliphatic rings. The van der Waals surface area contributed by atoms with Crippen molar-refractivity contribution in [2.24, 2.45) is 18.4 Å². The molecular weight excluding hydrogens is 282 g/mol. The molecule has 4 heteroatoms. The first-order chi connectivity index (χ1) is 10.00. The minimum absolute atomic E-state index is 0.322. The van der Waals surface area contributed by atoms with Gasteiger partial charge in [0.05, 0.1) is 23.0 Å². The predicted octanol–water partition coefficient (Wildman–Crippen LogP) is 4.72. The molecule has 120 valence electrons. The lowest BCUT2D eigenvalue weighted by molar-refractivity contribution is 0.149. The Kier molecular flexibility index (Phi) is 5.73. The summed E-state index contributed by atoms with van der Waals surface area (Å²) in [7, 11) is 2.01. The van der Waals surface area contributed by atoms with Crippen LogP contribution in [0.15, 0.2) is 6.20 Å². The van der Waals surface area contributed by atoms with Gasteiger partial charge in [-0.25, -0.2) is 0 Å². The number of rotatable bonds is 7. The maximum atomic E-state index is 6.47. The number of aryl methyl sites for hydroxylation is 1. The normalized spacial score (nSPS) is 19.3. The van der Waals surface area contributed by atoms with Gasteiger partial charge >= 0.3 is 0 Å². The van der Waals surface area contributed by atoms with Crippen LogP contribution in [0, 0.1) is 11.3 Å². The molecule has 1 saturated carbocycles. The maximum Gasteiger partial charge on any atom is 0.0834 e. The average Bonchev–Trinajstić information content (AvgIpc) is 3.00. The van der Waals surface area contributed by atoms with E-state index in [1.807, 2.05) is 11.7 Å². The summed E-state index contributed by atoms with van der Waals surface area (Å²) >= 11 is 6.47. The molecule has 1 aliphatic carbocycles. The molecule has 1 fully saturated rings. The Hall–Kier alpha value is -0.540. The van der Waals surface area contributed by atoms with E-state index < -0.39 is 0 Å². The number of halogens is 1. The van der Waals surface area contributed by atoms with Crippen LogP contribution in [0.4, 0.5) is 0 Å². The van der Waals surface area contributed by atoms with Crippen LogP contribution in [0.3, 0.4) is 0 Å². The molecule has 0 spiro atoms. The Morgan fingerprint density at radius 2 is 2.05 bits per heavy atom. The Bertz CT molecular complexity index is 427. The van der Waals surface area contributed by atoms with Crippen LogP contribution in [-0.2, 0) is 7.05 Å². The molecule has 1 heterocycles. The van der Waals surface area contributed by atoms with Crippen molar-refractivity contribution >= 4 is 11.6 Å². The summed E-state index contributed by atoms with van der Waals surface area (Å²) in [5.41, 5.74) is 1.51. The largest absolute Gasteiger partial charge is 0.308 e. The lowest BCUT2D eigenvalue weighted by atomic mass is 9.71. The van der Waals surface area contributed by atoms with E-state index in [0.29, 0.717) is 17.4 Å². The zero-order valence-corrected chi connectivity index (χ0v) is 14.7. The fourth-order valence-electron chi connectivity index (χ4n) is 4.14. The molecular formula is C17H30ClN3. The molecule has 1 aromatic rings. The SMILES string of the molecule is CCCNC(c1c(Cl)cnn1C)C1(CC(C)C)CCCC1. The van der Waals surface area contributed by atoms with Gasteiger partial charge in [-0.05, 0) is 43.6 Å². The quantitative estimate of drug-likeness (QED) is 0.789. The van der Waals surface area contributed by atoms with Crippen LogP contribution in [-0.4, -0.2) is 16.3 Å². The summed E-state index contributed by atoms with van der Waals surface area (Å²) in [6.45, 7) is 7.92. The van der Waals surface area contributed by atoms with Gasteiger partial charge in [-0.3, -0.25) is 4.68 Å². The monoisotopic (exact) mass is 311 g/mol. The molecule has 3 nitrogen and oxygen atoms in total. The Morgan fingerprint density at radius 1 is 1.38 bits per heavy atom. The van der Waals surface area contributed by atoms with E-state index in [1.54, 1.807) is 6.20 Å². The highest BCUT2D eigenvalue weighted by Crippen LogP contribution is 2.52. The van der Waals surface area contributed by atoms with Gasteiger partial charge in [0.2, 0.25) is 0 Å². The van der Waals surface area contributed by atoms with Crippen molar-refractivity contribution in [2.45, 2.75) is 65.3 Å². The first-order valence-corrected chi connectivity index (χ1v) is 8.78. The highest BCUT2D eigenvalue weighted by atomic mass is 35.5. The second-order valence-electron chi connectivity index (χ2n) is 7.06. The molecule has 1 atom stereocenters. The van der Waals surface area contributed by atoms with Crippen LogP contribution < -0.4 is 5.32 Å². The zero-order chi connectivity index (χ0) is 15.5. The number of nitrogens with one attached hydrogen (secondary N) is 1. The van der Waals surface area contributed by atoms with Crippen molar-refractivity contribution in [3.8, 4) is 0 Å². The van der Waals surface area contributed by atoms with Crippen LogP contribution in [0.1, 0.15) is 71.0 Å². The van der Waals surface area contributed by atoms with E-state index in [2.05, 4.69) is 31.2 Å². The molecule has 1 N–H and O–H groups in total. The van der Waals surface area contributed by atoms with Crippen molar-refractivity contribution in [1.29, 1.82) is 0 Å². The average molecular weight is 312 g/mol. The van der Waals surface area contributed by atoms with Crippen molar-refractivity contribution < 1.29 is 0 Å². The first kappa shape index (κ1) is 16.8. The summed E-state index contributed by atoms with van der Waals surface area (Å²) in [5, 5.41) is 8.97. The van der Waals surface area contributed by atoms with Gasteiger partial charge in [0.1, 0.15) is 0 Å². The fourth-order valence-corrected chi connectivity index (χ4v) is 4.41. The van der Waals surface area contributed by atoms with Gasteiger partial charge in [-0.15, -0.1) is 0 Å². The Labute approximate surface area is 134 Å². The minimum atomic E-state index is 0.322. The van der Waals surface area contributed by atoms with Crippen LogP contribution >= 0.6 is 11.6 Å². The van der Waals surface area contributed by atoms with Gasteiger partial charge in [-0.2, -0.15) is 5.10 Å². The van der Waals surface area contributed by atoms with Gasteiger partial charge in [-0.1, -0.05) is 45.2 Å². The topological polar surface area (TPSA) is 29.9 Å². The molecule has 0 amide bonds. The number of hydrogen-bond donors (Lipinski definition) is 1. The summed E-state index contributed by atoms with van der Waals surface area (Å²) in [6, 6.07) is 0.322. The fraction of sp³-hybridized carbons (Fsp3) is 0.824.